The zero-order valence-electron chi connectivity index (χ0n) is 13.7. The van der Waals surface area contributed by atoms with Gasteiger partial charge in [-0.2, -0.15) is 0 Å². The summed E-state index contributed by atoms with van der Waals surface area (Å²) < 4.78 is 0. The van der Waals surface area contributed by atoms with E-state index >= 15 is 0 Å². The van der Waals surface area contributed by atoms with Crippen LogP contribution in [0.15, 0.2) is 30.3 Å². The summed E-state index contributed by atoms with van der Waals surface area (Å²) in [5.41, 5.74) is 1.37. The minimum absolute atomic E-state index is 0.271. The van der Waals surface area contributed by atoms with Gasteiger partial charge in [-0.25, -0.2) is 0 Å². The Labute approximate surface area is 133 Å². The summed E-state index contributed by atoms with van der Waals surface area (Å²) >= 11 is 0. The molecule has 1 aliphatic heterocycles. The maximum absolute atomic E-state index is 10.7. The Balaban J connectivity index is 1.86. The topological polar surface area (TPSA) is 43.8 Å². The molecule has 1 heterocycles. The molecule has 1 N–H and O–H groups in total. The number of hydrogen-bond donors (Lipinski definition) is 1. The fourth-order valence-electron chi connectivity index (χ4n) is 3.39. The normalized spacial score (nSPS) is 20.4. The maximum Gasteiger partial charge on any atom is 0.303 e. The van der Waals surface area contributed by atoms with Crippen molar-refractivity contribution in [3.63, 3.8) is 0 Å². The predicted octanol–water partition coefficient (Wildman–Crippen LogP) is 3.01. The highest BCUT2D eigenvalue weighted by Crippen LogP contribution is 2.26. The SMILES string of the molecule is CCN(CCCC(=O)O)[C@H]1CCN([C@H](C)c2ccccc2)C1. The second-order valence-electron chi connectivity index (χ2n) is 6.15. The number of likely N-dealkylation sites (tertiary alicyclic amines) is 1. The molecule has 0 radical (unpaired) electrons. The lowest BCUT2D eigenvalue weighted by atomic mass is 10.1. The van der Waals surface area contributed by atoms with E-state index < -0.39 is 5.97 Å². The number of carboxylic acids is 1. The molecule has 1 fully saturated rings. The summed E-state index contributed by atoms with van der Waals surface area (Å²) in [6, 6.07) is 11.7. The lowest BCUT2D eigenvalue weighted by molar-refractivity contribution is -0.137. The van der Waals surface area contributed by atoms with E-state index in [0.717, 1.165) is 32.6 Å². The van der Waals surface area contributed by atoms with Crippen LogP contribution in [0.5, 0.6) is 0 Å². The summed E-state index contributed by atoms with van der Waals surface area (Å²) in [6.45, 7) is 8.54. The fourth-order valence-corrected chi connectivity index (χ4v) is 3.39. The molecule has 2 atom stereocenters. The van der Waals surface area contributed by atoms with Crippen LogP contribution in [0, 0.1) is 0 Å². The third-order valence-electron chi connectivity index (χ3n) is 4.78. The molecule has 1 aliphatic rings. The number of hydrogen-bond acceptors (Lipinski definition) is 3. The highest BCUT2D eigenvalue weighted by Gasteiger charge is 2.29. The van der Waals surface area contributed by atoms with Crippen LogP contribution >= 0.6 is 0 Å². The molecule has 0 bridgehead atoms. The number of rotatable bonds is 8. The number of nitrogens with zero attached hydrogens (tertiary/aromatic N) is 2. The molecule has 0 aliphatic carbocycles. The van der Waals surface area contributed by atoms with E-state index in [-0.39, 0.29) is 6.42 Å². The minimum Gasteiger partial charge on any atom is -0.481 e. The van der Waals surface area contributed by atoms with E-state index in [1.165, 1.54) is 12.0 Å². The molecule has 1 aromatic carbocycles. The van der Waals surface area contributed by atoms with Crippen molar-refractivity contribution in [1.82, 2.24) is 9.80 Å². The molecule has 1 aromatic rings. The quantitative estimate of drug-likeness (QED) is 0.802. The van der Waals surface area contributed by atoms with Crippen LogP contribution in [-0.4, -0.2) is 53.1 Å². The molecule has 0 saturated carbocycles. The monoisotopic (exact) mass is 304 g/mol. The van der Waals surface area contributed by atoms with Gasteiger partial charge >= 0.3 is 5.97 Å². The van der Waals surface area contributed by atoms with E-state index in [1.54, 1.807) is 0 Å². The van der Waals surface area contributed by atoms with Crippen LogP contribution in [0.25, 0.3) is 0 Å². The number of benzene rings is 1. The zero-order valence-corrected chi connectivity index (χ0v) is 13.7. The number of likely N-dealkylation sites (N-methyl/N-ethyl adjacent to an activating group) is 1. The first-order valence-electron chi connectivity index (χ1n) is 8.36. The molecule has 1 saturated heterocycles. The smallest absolute Gasteiger partial charge is 0.303 e. The van der Waals surface area contributed by atoms with Crippen LogP contribution < -0.4 is 0 Å². The van der Waals surface area contributed by atoms with Gasteiger partial charge in [-0.1, -0.05) is 37.3 Å². The molecular weight excluding hydrogens is 276 g/mol. The highest BCUT2D eigenvalue weighted by atomic mass is 16.4. The molecule has 0 unspecified atom stereocenters. The summed E-state index contributed by atoms with van der Waals surface area (Å²) in [5.74, 6) is -0.693. The van der Waals surface area contributed by atoms with Gasteiger partial charge in [-0.15, -0.1) is 0 Å². The van der Waals surface area contributed by atoms with Crippen LogP contribution in [0.2, 0.25) is 0 Å². The Morgan fingerprint density at radius 1 is 1.41 bits per heavy atom. The van der Waals surface area contributed by atoms with Gasteiger partial charge in [0.05, 0.1) is 0 Å². The van der Waals surface area contributed by atoms with Crippen LogP contribution in [0.3, 0.4) is 0 Å². The van der Waals surface area contributed by atoms with Crippen molar-refractivity contribution in [2.75, 3.05) is 26.2 Å². The van der Waals surface area contributed by atoms with Crippen molar-refractivity contribution in [2.45, 2.75) is 45.2 Å². The number of carboxylic acid groups (broad SMARTS) is 1. The first-order valence-corrected chi connectivity index (χ1v) is 8.36. The van der Waals surface area contributed by atoms with Crippen molar-refractivity contribution in [1.29, 1.82) is 0 Å². The molecule has 0 amide bonds. The van der Waals surface area contributed by atoms with Gasteiger partial charge in [0.2, 0.25) is 0 Å². The van der Waals surface area contributed by atoms with E-state index in [2.05, 4.69) is 54.0 Å². The Kier molecular flexibility index (Phi) is 6.40. The van der Waals surface area contributed by atoms with E-state index in [4.69, 9.17) is 5.11 Å². The molecule has 122 valence electrons. The van der Waals surface area contributed by atoms with E-state index in [0.29, 0.717) is 12.1 Å². The van der Waals surface area contributed by atoms with Crippen LogP contribution in [-0.2, 0) is 4.79 Å². The Bertz CT molecular complexity index is 463. The standard InChI is InChI=1S/C18H28N2O2/c1-3-19(12-7-10-18(21)22)17-11-13-20(14-17)15(2)16-8-5-4-6-9-16/h4-6,8-9,15,17H,3,7,10-14H2,1-2H3,(H,21,22)/t15-,17+/m1/s1. The minimum atomic E-state index is -0.693. The lowest BCUT2D eigenvalue weighted by Gasteiger charge is -2.29. The van der Waals surface area contributed by atoms with Gasteiger partial charge in [0.25, 0.3) is 0 Å². The number of aliphatic carboxylic acids is 1. The Morgan fingerprint density at radius 3 is 2.77 bits per heavy atom. The predicted molar refractivity (Wildman–Crippen MR) is 89.0 cm³/mol. The van der Waals surface area contributed by atoms with Gasteiger partial charge in [-0.05, 0) is 38.4 Å². The van der Waals surface area contributed by atoms with Crippen LogP contribution in [0.4, 0.5) is 0 Å². The molecule has 4 heteroatoms. The van der Waals surface area contributed by atoms with E-state index in [1.807, 2.05) is 0 Å². The number of carbonyl (C=O) groups is 1. The van der Waals surface area contributed by atoms with Gasteiger partial charge in [-0.3, -0.25) is 14.6 Å². The molecular formula is C18H28N2O2. The summed E-state index contributed by atoms with van der Waals surface area (Å²) in [7, 11) is 0. The average Bonchev–Trinajstić information content (AvgIpc) is 3.01. The maximum atomic E-state index is 10.7. The summed E-state index contributed by atoms with van der Waals surface area (Å²) in [6.07, 6.45) is 2.19. The zero-order chi connectivity index (χ0) is 15.9. The van der Waals surface area contributed by atoms with Gasteiger partial charge in [0.15, 0.2) is 0 Å². The largest absolute Gasteiger partial charge is 0.481 e. The molecule has 2 rings (SSSR count). The van der Waals surface area contributed by atoms with Crippen molar-refractivity contribution in [3.8, 4) is 0 Å². The van der Waals surface area contributed by atoms with Crippen LogP contribution in [0.1, 0.15) is 44.7 Å². The molecule has 0 spiro atoms. The molecule has 4 nitrogen and oxygen atoms in total. The molecule has 22 heavy (non-hydrogen) atoms. The average molecular weight is 304 g/mol. The highest BCUT2D eigenvalue weighted by molar-refractivity contribution is 5.66. The summed E-state index contributed by atoms with van der Waals surface area (Å²) in [4.78, 5) is 15.6. The first-order chi connectivity index (χ1) is 10.6. The first kappa shape index (κ1) is 17.0. The van der Waals surface area contributed by atoms with E-state index in [9.17, 15) is 4.79 Å². The van der Waals surface area contributed by atoms with Gasteiger partial charge in [0, 0.05) is 31.6 Å². The van der Waals surface area contributed by atoms with Gasteiger partial charge < -0.3 is 5.11 Å². The molecule has 0 aromatic heterocycles. The third-order valence-corrected chi connectivity index (χ3v) is 4.78. The lowest BCUT2D eigenvalue weighted by Crippen LogP contribution is -2.38. The van der Waals surface area contributed by atoms with Gasteiger partial charge in [0.1, 0.15) is 0 Å². The fraction of sp³-hybridized carbons (Fsp3) is 0.611. The summed E-state index contributed by atoms with van der Waals surface area (Å²) in [5, 5.41) is 8.78. The Hall–Kier alpha value is -1.39. The van der Waals surface area contributed by atoms with Crippen molar-refractivity contribution in [2.24, 2.45) is 0 Å². The van der Waals surface area contributed by atoms with Crippen molar-refractivity contribution in [3.05, 3.63) is 35.9 Å². The Morgan fingerprint density at radius 2 is 2.14 bits per heavy atom. The second-order valence-corrected chi connectivity index (χ2v) is 6.15. The van der Waals surface area contributed by atoms with Crippen molar-refractivity contribution >= 4 is 5.97 Å². The second kappa shape index (κ2) is 8.30. The third kappa shape index (κ3) is 4.55. The van der Waals surface area contributed by atoms with Crippen molar-refractivity contribution < 1.29 is 9.90 Å².